The molecule has 2 aromatic carbocycles. The summed E-state index contributed by atoms with van der Waals surface area (Å²) in [6, 6.07) is 12.8. The quantitative estimate of drug-likeness (QED) is 0.502. The number of hydrogen-bond donors (Lipinski definition) is 1. The van der Waals surface area contributed by atoms with Crippen molar-refractivity contribution in [1.29, 1.82) is 0 Å². The van der Waals surface area contributed by atoms with E-state index >= 15 is 0 Å². The van der Waals surface area contributed by atoms with E-state index in [9.17, 15) is 9.59 Å². The van der Waals surface area contributed by atoms with E-state index in [4.69, 9.17) is 21.1 Å². The van der Waals surface area contributed by atoms with Gasteiger partial charge in [0.25, 0.3) is 0 Å². The number of esters is 1. The molecule has 6 nitrogen and oxygen atoms in total. The third-order valence-electron chi connectivity index (χ3n) is 5.30. The van der Waals surface area contributed by atoms with Gasteiger partial charge in [-0.2, -0.15) is 0 Å². The number of ether oxygens (including phenoxy) is 2. The van der Waals surface area contributed by atoms with Gasteiger partial charge in [0.05, 0.1) is 19.3 Å². The summed E-state index contributed by atoms with van der Waals surface area (Å²) in [4.78, 5) is 30.4. The lowest BCUT2D eigenvalue weighted by atomic mass is 9.92. The van der Waals surface area contributed by atoms with Crippen molar-refractivity contribution in [3.8, 4) is 5.75 Å². The Bertz CT molecular complexity index is 1100. The number of H-pyrrole nitrogens is 1. The van der Waals surface area contributed by atoms with Crippen LogP contribution in [0.4, 0.5) is 0 Å². The molecule has 1 amide bonds. The van der Waals surface area contributed by atoms with Crippen LogP contribution in [0.1, 0.15) is 36.7 Å². The van der Waals surface area contributed by atoms with Crippen LogP contribution in [-0.2, 0) is 20.7 Å². The molecule has 0 spiro atoms. The predicted octanol–water partition coefficient (Wildman–Crippen LogP) is 4.26. The van der Waals surface area contributed by atoms with Gasteiger partial charge in [0.2, 0.25) is 0 Å². The van der Waals surface area contributed by atoms with Gasteiger partial charge in [-0.05, 0) is 61.7 Å². The summed E-state index contributed by atoms with van der Waals surface area (Å²) in [5.41, 5.74) is 3.81. The van der Waals surface area contributed by atoms with Crippen molar-refractivity contribution in [2.24, 2.45) is 0 Å². The van der Waals surface area contributed by atoms with E-state index in [1.54, 1.807) is 25.9 Å². The molecule has 156 valence electrons. The number of hydrogen-bond acceptors (Lipinski definition) is 4. The molecule has 4 rings (SSSR count). The lowest BCUT2D eigenvalue weighted by Crippen LogP contribution is -2.45. The highest BCUT2D eigenvalue weighted by Crippen LogP contribution is 2.39. The Morgan fingerprint density at radius 2 is 1.90 bits per heavy atom. The molecular formula is C23H23ClN2O4. The van der Waals surface area contributed by atoms with Crippen molar-refractivity contribution in [3.05, 3.63) is 64.3 Å². The first-order valence-electron chi connectivity index (χ1n) is 9.84. The Hall–Kier alpha value is -2.99. The van der Waals surface area contributed by atoms with Gasteiger partial charge in [0.15, 0.2) is 0 Å². The number of aromatic nitrogens is 1. The topological polar surface area (TPSA) is 71.6 Å². The molecule has 7 heteroatoms. The van der Waals surface area contributed by atoms with Crippen molar-refractivity contribution in [3.63, 3.8) is 0 Å². The second kappa shape index (κ2) is 8.03. The number of carbonyl (C=O) groups is 2. The van der Waals surface area contributed by atoms with Gasteiger partial charge in [-0.1, -0.05) is 23.7 Å². The molecule has 30 heavy (non-hydrogen) atoms. The van der Waals surface area contributed by atoms with Crippen LogP contribution in [0, 0.1) is 0 Å². The number of benzene rings is 2. The largest absolute Gasteiger partial charge is 0.497 e. The lowest BCUT2D eigenvalue weighted by molar-refractivity contribution is -0.163. The number of aromatic amines is 1. The fourth-order valence-electron chi connectivity index (χ4n) is 3.99. The Balaban J connectivity index is 1.82. The van der Waals surface area contributed by atoms with E-state index in [2.05, 4.69) is 4.98 Å². The van der Waals surface area contributed by atoms with Gasteiger partial charge >= 0.3 is 11.9 Å². The highest BCUT2D eigenvalue weighted by atomic mass is 35.5. The second-order valence-electron chi connectivity index (χ2n) is 7.59. The van der Waals surface area contributed by atoms with Crippen LogP contribution < -0.4 is 4.74 Å². The van der Waals surface area contributed by atoms with Crippen LogP contribution in [-0.4, -0.2) is 41.5 Å². The summed E-state index contributed by atoms with van der Waals surface area (Å²) in [6.45, 7) is 3.85. The van der Waals surface area contributed by atoms with Crippen LogP contribution in [0.2, 0.25) is 5.02 Å². The van der Waals surface area contributed by atoms with Crippen LogP contribution in [0.25, 0.3) is 10.9 Å². The monoisotopic (exact) mass is 426 g/mol. The zero-order chi connectivity index (χ0) is 21.4. The van der Waals surface area contributed by atoms with Crippen molar-refractivity contribution >= 4 is 34.4 Å². The average molecular weight is 427 g/mol. The Morgan fingerprint density at radius 3 is 2.57 bits per heavy atom. The summed E-state index contributed by atoms with van der Waals surface area (Å²) in [5, 5.41) is 1.69. The molecular weight excluding hydrogens is 404 g/mol. The molecule has 0 radical (unpaired) electrons. The van der Waals surface area contributed by atoms with E-state index in [-0.39, 0.29) is 6.10 Å². The van der Waals surface area contributed by atoms with Gasteiger partial charge < -0.3 is 19.4 Å². The van der Waals surface area contributed by atoms with Gasteiger partial charge in [0.1, 0.15) is 5.75 Å². The van der Waals surface area contributed by atoms with E-state index in [0.717, 1.165) is 33.5 Å². The van der Waals surface area contributed by atoms with Crippen molar-refractivity contribution in [1.82, 2.24) is 9.88 Å². The number of fused-ring (bicyclic) bond motifs is 3. The normalized spacial score (nSPS) is 15.9. The molecule has 3 aromatic rings. The predicted molar refractivity (Wildman–Crippen MR) is 115 cm³/mol. The standard InChI is InChI=1S/C23H23ClN2O4/c1-13(2)30-23(28)22(27)26-11-10-17-18-12-15(24)6-9-19(18)25-20(17)21(26)14-4-7-16(29-3)8-5-14/h4-9,12-13,21,25H,10-11H2,1-3H3. The molecule has 1 aliphatic heterocycles. The highest BCUT2D eigenvalue weighted by molar-refractivity contribution is 6.32. The highest BCUT2D eigenvalue weighted by Gasteiger charge is 2.37. The number of carbonyl (C=O) groups excluding carboxylic acids is 2. The zero-order valence-corrected chi connectivity index (χ0v) is 17.8. The molecule has 1 atom stereocenters. The third-order valence-corrected chi connectivity index (χ3v) is 5.53. The maximum atomic E-state index is 13.0. The van der Waals surface area contributed by atoms with Gasteiger partial charge in [-0.25, -0.2) is 4.79 Å². The minimum Gasteiger partial charge on any atom is -0.497 e. The molecule has 0 fully saturated rings. The van der Waals surface area contributed by atoms with Crippen LogP contribution in [0.5, 0.6) is 5.75 Å². The van der Waals surface area contributed by atoms with Gasteiger partial charge in [-0.15, -0.1) is 0 Å². The molecule has 0 saturated carbocycles. The Morgan fingerprint density at radius 1 is 1.17 bits per heavy atom. The number of halogens is 1. The second-order valence-corrected chi connectivity index (χ2v) is 8.02. The van der Waals surface area contributed by atoms with Crippen molar-refractivity contribution in [2.45, 2.75) is 32.4 Å². The van der Waals surface area contributed by atoms with Crippen molar-refractivity contribution in [2.75, 3.05) is 13.7 Å². The van der Waals surface area contributed by atoms with E-state index in [0.29, 0.717) is 18.0 Å². The first-order valence-corrected chi connectivity index (χ1v) is 10.2. The average Bonchev–Trinajstić information content (AvgIpc) is 3.10. The smallest absolute Gasteiger partial charge is 0.397 e. The molecule has 1 unspecified atom stereocenters. The first-order chi connectivity index (χ1) is 14.4. The molecule has 0 bridgehead atoms. The number of nitrogens with one attached hydrogen (secondary N) is 1. The number of rotatable bonds is 3. The van der Waals surface area contributed by atoms with Gasteiger partial charge in [-0.3, -0.25) is 4.79 Å². The Kier molecular flexibility index (Phi) is 5.43. The maximum absolute atomic E-state index is 13.0. The summed E-state index contributed by atoms with van der Waals surface area (Å²) in [5.74, 6) is -0.770. The fourth-order valence-corrected chi connectivity index (χ4v) is 4.17. The van der Waals surface area contributed by atoms with Crippen molar-refractivity contribution < 1.29 is 19.1 Å². The molecule has 1 aromatic heterocycles. The Labute approximate surface area is 179 Å². The van der Waals surface area contributed by atoms with Crippen LogP contribution in [0.3, 0.4) is 0 Å². The third kappa shape index (κ3) is 3.63. The minimum atomic E-state index is -0.842. The van der Waals surface area contributed by atoms with Gasteiger partial charge in [0, 0.05) is 28.2 Å². The SMILES string of the molecule is COc1ccc(C2c3[nH]c4ccc(Cl)cc4c3CCN2C(=O)C(=O)OC(C)C)cc1. The molecule has 1 N–H and O–H groups in total. The first kappa shape index (κ1) is 20.3. The van der Waals surface area contributed by atoms with E-state index < -0.39 is 17.9 Å². The number of nitrogens with zero attached hydrogens (tertiary/aromatic N) is 1. The summed E-state index contributed by atoms with van der Waals surface area (Å²) in [7, 11) is 1.60. The number of methoxy groups -OCH3 is 1. The summed E-state index contributed by atoms with van der Waals surface area (Å²) < 4.78 is 10.4. The number of amides is 1. The lowest BCUT2D eigenvalue weighted by Gasteiger charge is -2.35. The summed E-state index contributed by atoms with van der Waals surface area (Å²) in [6.07, 6.45) is 0.250. The summed E-state index contributed by atoms with van der Waals surface area (Å²) >= 11 is 6.22. The molecule has 2 heterocycles. The maximum Gasteiger partial charge on any atom is 0.397 e. The molecule has 0 saturated heterocycles. The fraction of sp³-hybridized carbons (Fsp3) is 0.304. The minimum absolute atomic E-state index is 0.364. The molecule has 0 aliphatic carbocycles. The zero-order valence-electron chi connectivity index (χ0n) is 17.1. The van der Waals surface area contributed by atoms with Crippen LogP contribution >= 0.6 is 11.6 Å². The molecule has 1 aliphatic rings. The van der Waals surface area contributed by atoms with Crippen LogP contribution in [0.15, 0.2) is 42.5 Å². The van der Waals surface area contributed by atoms with E-state index in [1.165, 1.54) is 0 Å². The van der Waals surface area contributed by atoms with E-state index in [1.807, 2.05) is 42.5 Å².